The Kier molecular flexibility index (Phi) is 3.72. The molecule has 148 valence electrons. The van der Waals surface area contributed by atoms with Crippen LogP contribution in [0, 0.1) is 6.92 Å². The van der Waals surface area contributed by atoms with Crippen LogP contribution in [0.2, 0.25) is 0 Å². The molecule has 3 heterocycles. The first-order valence-corrected chi connectivity index (χ1v) is 10.3. The van der Waals surface area contributed by atoms with Crippen LogP contribution in [0.5, 0.6) is 0 Å². The van der Waals surface area contributed by atoms with Crippen molar-refractivity contribution in [2.45, 2.75) is 31.7 Å². The van der Waals surface area contributed by atoms with E-state index in [9.17, 15) is 4.79 Å². The number of allylic oxidation sites excluding steroid dienone is 2. The third-order valence-electron chi connectivity index (χ3n) is 6.33. The van der Waals surface area contributed by atoms with Crippen LogP contribution in [0.25, 0.3) is 11.0 Å². The molecule has 0 fully saturated rings. The van der Waals surface area contributed by atoms with Gasteiger partial charge in [0.15, 0.2) is 5.78 Å². The third kappa shape index (κ3) is 2.48. The molecule has 0 amide bonds. The predicted octanol–water partition coefficient (Wildman–Crippen LogP) is 5.35. The summed E-state index contributed by atoms with van der Waals surface area (Å²) >= 11 is 0. The molecule has 30 heavy (non-hydrogen) atoms. The predicted molar refractivity (Wildman–Crippen MR) is 115 cm³/mol. The Labute approximate surface area is 174 Å². The maximum absolute atomic E-state index is 13.5. The zero-order valence-corrected chi connectivity index (χ0v) is 16.6. The van der Waals surface area contributed by atoms with Gasteiger partial charge in [0.25, 0.3) is 0 Å². The lowest BCUT2D eigenvalue weighted by Crippen LogP contribution is -2.33. The van der Waals surface area contributed by atoms with E-state index in [1.54, 1.807) is 6.26 Å². The number of carbonyl (C=O) groups excluding carboxylic acids is 1. The standard InChI is InChI=1S/C25H21N3O2/c1-15-7-2-3-8-17(15)24-23-19(13-16(14-21(23)29)22-11-6-12-30-22)27-25-26-18-9-4-5-10-20(18)28(24)25/h2-12,16,24H,13-14H2,1H3,(H,26,27)/t16-,24+/m1/s1. The maximum atomic E-state index is 13.5. The van der Waals surface area contributed by atoms with Gasteiger partial charge in [-0.3, -0.25) is 9.36 Å². The molecule has 5 nitrogen and oxygen atoms in total. The minimum atomic E-state index is -0.185. The van der Waals surface area contributed by atoms with Gasteiger partial charge in [0.1, 0.15) is 5.76 Å². The van der Waals surface area contributed by atoms with E-state index in [0.29, 0.717) is 6.42 Å². The Morgan fingerprint density at radius 1 is 1.03 bits per heavy atom. The van der Waals surface area contributed by atoms with E-state index in [4.69, 9.17) is 9.40 Å². The summed E-state index contributed by atoms with van der Waals surface area (Å²) in [6, 6.07) is 20.1. The smallest absolute Gasteiger partial charge is 0.209 e. The van der Waals surface area contributed by atoms with Crippen molar-refractivity contribution in [1.29, 1.82) is 0 Å². The van der Waals surface area contributed by atoms with E-state index in [1.165, 1.54) is 5.56 Å². The third-order valence-corrected chi connectivity index (χ3v) is 6.33. The molecule has 0 radical (unpaired) electrons. The van der Waals surface area contributed by atoms with Gasteiger partial charge in [0, 0.05) is 23.6 Å². The van der Waals surface area contributed by atoms with E-state index in [0.717, 1.165) is 46.0 Å². The van der Waals surface area contributed by atoms with E-state index in [2.05, 4.69) is 35.0 Å². The van der Waals surface area contributed by atoms with E-state index < -0.39 is 0 Å². The number of imidazole rings is 1. The highest BCUT2D eigenvalue weighted by molar-refractivity contribution is 6.01. The number of furan rings is 1. The van der Waals surface area contributed by atoms with Crippen molar-refractivity contribution in [2.24, 2.45) is 0 Å². The Bertz CT molecular complexity index is 1310. The molecule has 0 bridgehead atoms. The van der Waals surface area contributed by atoms with Crippen molar-refractivity contribution >= 4 is 22.8 Å². The van der Waals surface area contributed by atoms with Crippen molar-refractivity contribution in [1.82, 2.24) is 9.55 Å². The van der Waals surface area contributed by atoms with Gasteiger partial charge in [-0.15, -0.1) is 0 Å². The van der Waals surface area contributed by atoms with Crippen molar-refractivity contribution in [3.63, 3.8) is 0 Å². The quantitative estimate of drug-likeness (QED) is 0.497. The van der Waals surface area contributed by atoms with Crippen LogP contribution < -0.4 is 5.32 Å². The molecule has 1 N–H and O–H groups in total. The first-order chi connectivity index (χ1) is 14.7. The van der Waals surface area contributed by atoms with Gasteiger partial charge in [-0.05, 0) is 48.7 Å². The van der Waals surface area contributed by atoms with Crippen molar-refractivity contribution in [3.8, 4) is 0 Å². The van der Waals surface area contributed by atoms with E-state index in [-0.39, 0.29) is 17.7 Å². The number of nitrogens with one attached hydrogen (secondary N) is 1. The number of aromatic nitrogens is 2. The number of hydrogen-bond donors (Lipinski definition) is 1. The Morgan fingerprint density at radius 3 is 2.70 bits per heavy atom. The number of fused-ring (bicyclic) bond motifs is 3. The van der Waals surface area contributed by atoms with Gasteiger partial charge in [-0.25, -0.2) is 4.98 Å². The van der Waals surface area contributed by atoms with Crippen LogP contribution in [0.3, 0.4) is 0 Å². The molecule has 4 aromatic rings. The molecule has 5 heteroatoms. The molecule has 2 aromatic carbocycles. The Hall–Kier alpha value is -3.60. The number of aryl methyl sites for hydroxylation is 1. The fraction of sp³-hybridized carbons (Fsp3) is 0.200. The minimum Gasteiger partial charge on any atom is -0.469 e. The van der Waals surface area contributed by atoms with Crippen LogP contribution >= 0.6 is 0 Å². The summed E-state index contributed by atoms with van der Waals surface area (Å²) in [6.07, 6.45) is 2.87. The second-order valence-electron chi connectivity index (χ2n) is 8.11. The molecule has 0 unspecified atom stereocenters. The van der Waals surface area contributed by atoms with Gasteiger partial charge in [-0.1, -0.05) is 36.4 Å². The number of para-hydroxylation sites is 2. The van der Waals surface area contributed by atoms with Crippen LogP contribution in [0.15, 0.2) is 82.6 Å². The lowest BCUT2D eigenvalue weighted by Gasteiger charge is -2.36. The highest BCUT2D eigenvalue weighted by atomic mass is 16.3. The highest BCUT2D eigenvalue weighted by Crippen LogP contribution is 2.46. The topological polar surface area (TPSA) is 60.1 Å². The molecule has 0 spiro atoms. The monoisotopic (exact) mass is 395 g/mol. The van der Waals surface area contributed by atoms with Crippen LogP contribution in [-0.2, 0) is 4.79 Å². The molecule has 2 atom stereocenters. The molecule has 0 saturated carbocycles. The summed E-state index contributed by atoms with van der Waals surface area (Å²) in [5.74, 6) is 1.87. The van der Waals surface area contributed by atoms with Crippen molar-refractivity contribution in [3.05, 3.63) is 95.1 Å². The van der Waals surface area contributed by atoms with Gasteiger partial charge >= 0.3 is 0 Å². The molecule has 1 aliphatic heterocycles. The first kappa shape index (κ1) is 17.3. The largest absolute Gasteiger partial charge is 0.469 e. The number of carbonyl (C=O) groups is 1. The first-order valence-electron chi connectivity index (χ1n) is 10.3. The summed E-state index contributed by atoms with van der Waals surface area (Å²) in [6.45, 7) is 2.11. The summed E-state index contributed by atoms with van der Waals surface area (Å²) in [5, 5.41) is 3.50. The molecule has 2 aromatic heterocycles. The molecule has 6 rings (SSSR count). The van der Waals surface area contributed by atoms with Crippen molar-refractivity contribution < 1.29 is 9.21 Å². The van der Waals surface area contributed by atoms with Crippen LogP contribution in [-0.4, -0.2) is 15.3 Å². The lowest BCUT2D eigenvalue weighted by atomic mass is 9.79. The molecule has 2 aliphatic rings. The minimum absolute atomic E-state index is 0.0483. The van der Waals surface area contributed by atoms with Crippen molar-refractivity contribution in [2.75, 3.05) is 5.32 Å². The fourth-order valence-corrected chi connectivity index (χ4v) is 4.94. The molecule has 0 saturated heterocycles. The lowest BCUT2D eigenvalue weighted by molar-refractivity contribution is -0.116. The average molecular weight is 395 g/mol. The molecule has 1 aliphatic carbocycles. The average Bonchev–Trinajstić information content (AvgIpc) is 3.40. The van der Waals surface area contributed by atoms with Gasteiger partial charge in [0.2, 0.25) is 5.95 Å². The summed E-state index contributed by atoms with van der Waals surface area (Å²) < 4.78 is 7.81. The number of ketones is 1. The SMILES string of the molecule is Cc1ccccc1[C@H]1C2=C(C[C@@H](c3ccco3)CC2=O)Nc2nc3ccccc3n21. The second kappa shape index (κ2) is 6.46. The highest BCUT2D eigenvalue weighted by Gasteiger charge is 2.40. The fourth-order valence-electron chi connectivity index (χ4n) is 4.94. The van der Waals surface area contributed by atoms with Crippen LogP contribution in [0.1, 0.15) is 41.7 Å². The maximum Gasteiger partial charge on any atom is 0.209 e. The number of Topliss-reactive ketones (excluding diaryl/α,β-unsaturated/α-hetero) is 1. The molecular weight excluding hydrogens is 374 g/mol. The summed E-state index contributed by atoms with van der Waals surface area (Å²) in [5.41, 5.74) is 6.07. The van der Waals surface area contributed by atoms with E-state index >= 15 is 0 Å². The number of rotatable bonds is 2. The Balaban J connectivity index is 1.58. The zero-order valence-electron chi connectivity index (χ0n) is 16.6. The second-order valence-corrected chi connectivity index (χ2v) is 8.11. The number of nitrogens with zero attached hydrogens (tertiary/aromatic N) is 2. The van der Waals surface area contributed by atoms with Gasteiger partial charge < -0.3 is 9.73 Å². The Morgan fingerprint density at radius 2 is 1.87 bits per heavy atom. The number of benzene rings is 2. The van der Waals surface area contributed by atoms with Gasteiger partial charge in [-0.2, -0.15) is 0 Å². The van der Waals surface area contributed by atoms with Crippen LogP contribution in [0.4, 0.5) is 5.95 Å². The number of hydrogen-bond acceptors (Lipinski definition) is 4. The zero-order chi connectivity index (χ0) is 20.2. The summed E-state index contributed by atoms with van der Waals surface area (Å²) in [7, 11) is 0. The summed E-state index contributed by atoms with van der Waals surface area (Å²) in [4.78, 5) is 18.4. The number of anilines is 1. The normalized spacial score (nSPS) is 20.8. The van der Waals surface area contributed by atoms with Gasteiger partial charge in [0.05, 0.1) is 23.3 Å². The molecular formula is C25H21N3O2. The van der Waals surface area contributed by atoms with E-state index in [1.807, 2.05) is 42.5 Å².